The van der Waals surface area contributed by atoms with E-state index in [2.05, 4.69) is 6.92 Å². The number of amides is 1. The van der Waals surface area contributed by atoms with Gasteiger partial charge in [0.25, 0.3) is 15.0 Å². The molecule has 104 valence electrons. The zero-order valence-corrected chi connectivity index (χ0v) is 12.2. The number of hydrogen-bond acceptors (Lipinski definition) is 3. The van der Waals surface area contributed by atoms with Gasteiger partial charge in [-0.05, 0) is 30.9 Å². The number of nitrogens with zero attached hydrogens (tertiary/aromatic N) is 1. The van der Waals surface area contributed by atoms with E-state index in [0.717, 1.165) is 12.8 Å². The maximum absolute atomic E-state index is 12.4. The van der Waals surface area contributed by atoms with E-state index >= 15 is 0 Å². The highest BCUT2D eigenvalue weighted by Crippen LogP contribution is 2.23. The van der Waals surface area contributed by atoms with Crippen LogP contribution in [0.25, 0.3) is 0 Å². The van der Waals surface area contributed by atoms with Crippen molar-refractivity contribution in [2.75, 3.05) is 13.1 Å². The number of halogens is 1. The summed E-state index contributed by atoms with van der Waals surface area (Å²) in [6.07, 6.45) is 2.04. The lowest BCUT2D eigenvalue weighted by Crippen LogP contribution is -2.39. The second kappa shape index (κ2) is 5.51. The van der Waals surface area contributed by atoms with E-state index in [-0.39, 0.29) is 16.4 Å². The first kappa shape index (κ1) is 14.3. The smallest absolute Gasteiger partial charge is 0.262 e. The summed E-state index contributed by atoms with van der Waals surface area (Å²) < 4.78 is 23.0. The SMILES string of the molecule is CC1CCCN(C(=O)c2ccccc2S(=O)(=O)Cl)C1. The fourth-order valence-electron chi connectivity index (χ4n) is 2.40. The summed E-state index contributed by atoms with van der Waals surface area (Å²) in [6, 6.07) is 6.08. The van der Waals surface area contributed by atoms with Crippen LogP contribution in [-0.2, 0) is 9.05 Å². The van der Waals surface area contributed by atoms with Crippen molar-refractivity contribution in [2.24, 2.45) is 5.92 Å². The van der Waals surface area contributed by atoms with Gasteiger partial charge in [0.15, 0.2) is 0 Å². The molecule has 1 amide bonds. The zero-order valence-electron chi connectivity index (χ0n) is 10.7. The first-order valence-electron chi connectivity index (χ1n) is 6.22. The molecule has 0 aromatic heterocycles. The molecule has 1 unspecified atom stereocenters. The van der Waals surface area contributed by atoms with E-state index in [4.69, 9.17) is 10.7 Å². The molecule has 6 heteroatoms. The van der Waals surface area contributed by atoms with Crippen LogP contribution in [0.5, 0.6) is 0 Å². The number of likely N-dealkylation sites (tertiary alicyclic amines) is 1. The number of benzene rings is 1. The lowest BCUT2D eigenvalue weighted by molar-refractivity contribution is 0.0679. The third-order valence-corrected chi connectivity index (χ3v) is 4.70. The summed E-state index contributed by atoms with van der Waals surface area (Å²) in [5, 5.41) is 0. The van der Waals surface area contributed by atoms with Crippen LogP contribution in [-0.4, -0.2) is 32.3 Å². The molecule has 0 spiro atoms. The highest BCUT2D eigenvalue weighted by atomic mass is 35.7. The zero-order chi connectivity index (χ0) is 14.0. The van der Waals surface area contributed by atoms with Crippen LogP contribution in [0.2, 0.25) is 0 Å². The van der Waals surface area contributed by atoms with Crippen molar-refractivity contribution in [1.82, 2.24) is 4.90 Å². The quantitative estimate of drug-likeness (QED) is 0.789. The molecule has 0 bridgehead atoms. The van der Waals surface area contributed by atoms with Gasteiger partial charge in [-0.1, -0.05) is 19.1 Å². The van der Waals surface area contributed by atoms with Crippen LogP contribution in [0.4, 0.5) is 0 Å². The van der Waals surface area contributed by atoms with Gasteiger partial charge < -0.3 is 4.90 Å². The molecule has 0 radical (unpaired) electrons. The Balaban J connectivity index is 2.34. The molecule has 4 nitrogen and oxygen atoms in total. The van der Waals surface area contributed by atoms with E-state index < -0.39 is 9.05 Å². The number of carbonyl (C=O) groups excluding carboxylic acids is 1. The molecule has 19 heavy (non-hydrogen) atoms. The molecule has 1 aromatic carbocycles. The molecule has 1 atom stereocenters. The molecule has 0 aliphatic carbocycles. The molecule has 1 aliphatic rings. The Kier molecular flexibility index (Phi) is 4.16. The normalized spacial score (nSPS) is 20.3. The fraction of sp³-hybridized carbons (Fsp3) is 0.462. The van der Waals surface area contributed by atoms with Gasteiger partial charge in [0.05, 0.1) is 10.5 Å². The van der Waals surface area contributed by atoms with Crippen LogP contribution in [0.3, 0.4) is 0 Å². The van der Waals surface area contributed by atoms with Crippen molar-refractivity contribution >= 4 is 25.6 Å². The fourth-order valence-corrected chi connectivity index (χ4v) is 3.46. The molecule has 1 aliphatic heterocycles. The molecule has 1 aromatic rings. The predicted molar refractivity (Wildman–Crippen MR) is 73.8 cm³/mol. The maximum atomic E-state index is 12.4. The summed E-state index contributed by atoms with van der Waals surface area (Å²) >= 11 is 0. The van der Waals surface area contributed by atoms with E-state index in [1.165, 1.54) is 12.1 Å². The van der Waals surface area contributed by atoms with E-state index in [1.54, 1.807) is 17.0 Å². The predicted octanol–water partition coefficient (Wildman–Crippen LogP) is 2.49. The number of piperidine rings is 1. The van der Waals surface area contributed by atoms with Gasteiger partial charge >= 0.3 is 0 Å². The second-order valence-electron chi connectivity index (χ2n) is 4.93. The topological polar surface area (TPSA) is 54.5 Å². The maximum Gasteiger partial charge on any atom is 0.262 e. The van der Waals surface area contributed by atoms with Crippen LogP contribution in [0.15, 0.2) is 29.2 Å². The summed E-state index contributed by atoms with van der Waals surface area (Å²) in [5.41, 5.74) is 0.159. The molecule has 2 rings (SSSR count). The minimum absolute atomic E-state index is 0.111. The van der Waals surface area contributed by atoms with Gasteiger partial charge in [-0.25, -0.2) is 8.42 Å². The van der Waals surface area contributed by atoms with Gasteiger partial charge in [0.2, 0.25) is 0 Å². The summed E-state index contributed by atoms with van der Waals surface area (Å²) in [4.78, 5) is 14.0. The second-order valence-corrected chi connectivity index (χ2v) is 7.47. The van der Waals surface area contributed by atoms with Crippen molar-refractivity contribution in [3.05, 3.63) is 29.8 Å². The van der Waals surface area contributed by atoms with Crippen LogP contribution in [0, 0.1) is 5.92 Å². The molecule has 1 fully saturated rings. The molecule has 1 heterocycles. The first-order valence-corrected chi connectivity index (χ1v) is 8.53. The highest BCUT2D eigenvalue weighted by Gasteiger charge is 2.26. The van der Waals surface area contributed by atoms with Crippen molar-refractivity contribution < 1.29 is 13.2 Å². The monoisotopic (exact) mass is 301 g/mol. The Hall–Kier alpha value is -1.07. The third kappa shape index (κ3) is 3.28. The number of carbonyl (C=O) groups is 1. The first-order chi connectivity index (χ1) is 8.89. The minimum Gasteiger partial charge on any atom is -0.338 e. The van der Waals surface area contributed by atoms with E-state index in [0.29, 0.717) is 19.0 Å². The minimum atomic E-state index is -3.91. The van der Waals surface area contributed by atoms with Crippen molar-refractivity contribution in [3.63, 3.8) is 0 Å². The Morgan fingerprint density at radius 2 is 2.05 bits per heavy atom. The summed E-state index contributed by atoms with van der Waals surface area (Å²) in [5.74, 6) is 0.184. The van der Waals surface area contributed by atoms with Crippen LogP contribution in [0.1, 0.15) is 30.1 Å². The Bertz CT molecular complexity index is 585. The standard InChI is InChI=1S/C13H16ClNO3S/c1-10-5-4-8-15(9-10)13(16)11-6-2-3-7-12(11)19(14,17)18/h2-3,6-7,10H,4-5,8-9H2,1H3. The molecular weight excluding hydrogens is 286 g/mol. The van der Waals surface area contributed by atoms with Crippen LogP contribution >= 0.6 is 10.7 Å². The molecule has 0 N–H and O–H groups in total. The lowest BCUT2D eigenvalue weighted by atomic mass is 9.99. The van der Waals surface area contributed by atoms with Gasteiger partial charge in [-0.15, -0.1) is 0 Å². The Morgan fingerprint density at radius 3 is 2.68 bits per heavy atom. The van der Waals surface area contributed by atoms with Gasteiger partial charge in [0, 0.05) is 23.8 Å². The van der Waals surface area contributed by atoms with E-state index in [1.807, 2.05) is 0 Å². The van der Waals surface area contributed by atoms with Crippen LogP contribution < -0.4 is 0 Å². The largest absolute Gasteiger partial charge is 0.338 e. The van der Waals surface area contributed by atoms with E-state index in [9.17, 15) is 13.2 Å². The van der Waals surface area contributed by atoms with Gasteiger partial charge in [-0.3, -0.25) is 4.79 Å². The summed E-state index contributed by atoms with van der Waals surface area (Å²) in [6.45, 7) is 3.42. The number of rotatable bonds is 2. The van der Waals surface area contributed by atoms with Crippen molar-refractivity contribution in [2.45, 2.75) is 24.7 Å². The molecule has 1 saturated heterocycles. The molecular formula is C13H16ClNO3S. The van der Waals surface area contributed by atoms with Gasteiger partial charge in [0.1, 0.15) is 0 Å². The van der Waals surface area contributed by atoms with Gasteiger partial charge in [-0.2, -0.15) is 0 Å². The summed E-state index contributed by atoms with van der Waals surface area (Å²) in [7, 11) is 1.47. The molecule has 0 saturated carbocycles. The highest BCUT2D eigenvalue weighted by molar-refractivity contribution is 8.13. The lowest BCUT2D eigenvalue weighted by Gasteiger charge is -2.31. The third-order valence-electron chi connectivity index (χ3n) is 3.32. The Labute approximate surface area is 117 Å². The Morgan fingerprint density at radius 1 is 1.37 bits per heavy atom. The van der Waals surface area contributed by atoms with Crippen molar-refractivity contribution in [1.29, 1.82) is 0 Å². The average Bonchev–Trinajstić information content (AvgIpc) is 2.37. The average molecular weight is 302 g/mol. The van der Waals surface area contributed by atoms with Crippen molar-refractivity contribution in [3.8, 4) is 0 Å². The number of hydrogen-bond donors (Lipinski definition) is 0.